The number of thiazole rings is 1. The Morgan fingerprint density at radius 1 is 1.55 bits per heavy atom. The van der Waals surface area contributed by atoms with E-state index in [1.165, 1.54) is 11.3 Å². The lowest BCUT2D eigenvalue weighted by atomic mass is 10.2. The van der Waals surface area contributed by atoms with Gasteiger partial charge in [0.2, 0.25) is 0 Å². The van der Waals surface area contributed by atoms with Crippen LogP contribution >= 0.6 is 11.3 Å². The van der Waals surface area contributed by atoms with Crippen LogP contribution in [0, 0.1) is 0 Å². The standard InChI is InChI=1S/C13H18N2O4S/c1-15(8-6-18-7-9(8)16)13(17)11-5-14-12(20-11)10-3-2-4-19-10/h5,8-10,16H,2-4,6-7H2,1H3/t8-,9-,10?/m1/s1. The SMILES string of the molecule is CN(C(=O)c1cnc(C2CCCO2)s1)[C@@H]1COC[C@H]1O. The predicted octanol–water partition coefficient (Wildman–Crippen LogP) is 0.826. The minimum Gasteiger partial charge on any atom is -0.388 e. The molecule has 2 saturated heterocycles. The van der Waals surface area contributed by atoms with E-state index in [1.54, 1.807) is 18.1 Å². The van der Waals surface area contributed by atoms with Crippen LogP contribution in [-0.2, 0) is 9.47 Å². The van der Waals surface area contributed by atoms with Crippen LogP contribution in [0.3, 0.4) is 0 Å². The largest absolute Gasteiger partial charge is 0.388 e. The van der Waals surface area contributed by atoms with E-state index in [1.807, 2.05) is 0 Å². The molecule has 1 amide bonds. The third-order valence-electron chi connectivity index (χ3n) is 3.78. The first-order chi connectivity index (χ1) is 9.66. The van der Waals surface area contributed by atoms with Gasteiger partial charge >= 0.3 is 0 Å². The van der Waals surface area contributed by atoms with Gasteiger partial charge in [-0.1, -0.05) is 0 Å². The average Bonchev–Trinajstić information content (AvgIpc) is 3.17. The Bertz CT molecular complexity index is 486. The number of hydrogen-bond donors (Lipinski definition) is 1. The van der Waals surface area contributed by atoms with Gasteiger partial charge < -0.3 is 19.5 Å². The molecule has 0 aromatic carbocycles. The van der Waals surface area contributed by atoms with Gasteiger partial charge in [-0.25, -0.2) is 4.98 Å². The summed E-state index contributed by atoms with van der Waals surface area (Å²) in [5.41, 5.74) is 0. The lowest BCUT2D eigenvalue weighted by Gasteiger charge is -2.24. The zero-order valence-corrected chi connectivity index (χ0v) is 12.1. The molecule has 3 atom stereocenters. The first-order valence-electron chi connectivity index (χ1n) is 6.77. The molecule has 0 bridgehead atoms. The molecule has 6 nitrogen and oxygen atoms in total. The number of ether oxygens (including phenoxy) is 2. The van der Waals surface area contributed by atoms with Crippen LogP contribution in [0.1, 0.15) is 33.6 Å². The molecule has 1 N–H and O–H groups in total. The maximum Gasteiger partial charge on any atom is 0.265 e. The van der Waals surface area contributed by atoms with E-state index in [0.717, 1.165) is 24.5 Å². The Kier molecular flexibility index (Phi) is 4.02. The topological polar surface area (TPSA) is 71.9 Å². The maximum absolute atomic E-state index is 12.4. The first-order valence-corrected chi connectivity index (χ1v) is 7.59. The smallest absolute Gasteiger partial charge is 0.265 e. The van der Waals surface area contributed by atoms with Gasteiger partial charge in [0.1, 0.15) is 16.0 Å². The summed E-state index contributed by atoms with van der Waals surface area (Å²) in [6.07, 6.45) is 3.02. The van der Waals surface area contributed by atoms with E-state index in [9.17, 15) is 9.90 Å². The highest BCUT2D eigenvalue weighted by atomic mass is 32.1. The number of aromatic nitrogens is 1. The number of rotatable bonds is 3. The molecule has 3 heterocycles. The Labute approximate surface area is 121 Å². The van der Waals surface area contributed by atoms with Crippen molar-refractivity contribution in [2.24, 2.45) is 0 Å². The van der Waals surface area contributed by atoms with Gasteiger partial charge in [0.15, 0.2) is 0 Å². The molecule has 110 valence electrons. The van der Waals surface area contributed by atoms with Crippen molar-refractivity contribution in [1.82, 2.24) is 9.88 Å². The number of likely N-dealkylation sites (N-methyl/N-ethyl adjacent to an activating group) is 1. The summed E-state index contributed by atoms with van der Waals surface area (Å²) in [6, 6.07) is -0.282. The van der Waals surface area contributed by atoms with Gasteiger partial charge in [0.05, 0.1) is 31.6 Å². The van der Waals surface area contributed by atoms with Gasteiger partial charge in [-0.3, -0.25) is 4.79 Å². The van der Waals surface area contributed by atoms with Crippen molar-refractivity contribution in [2.75, 3.05) is 26.9 Å². The predicted molar refractivity (Wildman–Crippen MR) is 72.7 cm³/mol. The Hall–Kier alpha value is -1.02. The molecule has 0 aliphatic carbocycles. The van der Waals surface area contributed by atoms with Crippen molar-refractivity contribution in [1.29, 1.82) is 0 Å². The highest BCUT2D eigenvalue weighted by Gasteiger charge is 2.33. The van der Waals surface area contributed by atoms with Gasteiger partial charge in [-0.15, -0.1) is 11.3 Å². The quantitative estimate of drug-likeness (QED) is 0.895. The third-order valence-corrected chi connectivity index (χ3v) is 4.86. The molecule has 2 fully saturated rings. The summed E-state index contributed by atoms with van der Waals surface area (Å²) in [5, 5.41) is 10.6. The summed E-state index contributed by atoms with van der Waals surface area (Å²) in [7, 11) is 1.69. The van der Waals surface area contributed by atoms with Crippen molar-refractivity contribution in [3.63, 3.8) is 0 Å². The highest BCUT2D eigenvalue weighted by Crippen LogP contribution is 2.31. The fourth-order valence-electron chi connectivity index (χ4n) is 2.53. The molecule has 1 unspecified atom stereocenters. The van der Waals surface area contributed by atoms with E-state index in [0.29, 0.717) is 11.5 Å². The first kappa shape index (κ1) is 13.9. The molecule has 7 heteroatoms. The number of aliphatic hydroxyl groups excluding tert-OH is 1. The normalized spacial score (nSPS) is 29.8. The molecule has 0 saturated carbocycles. The molecule has 20 heavy (non-hydrogen) atoms. The summed E-state index contributed by atoms with van der Waals surface area (Å²) in [4.78, 5) is 18.8. The minimum absolute atomic E-state index is 0.0345. The van der Waals surface area contributed by atoms with Gasteiger partial charge in [-0.2, -0.15) is 0 Å². The molecular formula is C13H18N2O4S. The van der Waals surface area contributed by atoms with Crippen molar-refractivity contribution in [3.8, 4) is 0 Å². The van der Waals surface area contributed by atoms with Crippen LogP contribution in [0.5, 0.6) is 0 Å². The van der Waals surface area contributed by atoms with Crippen LogP contribution in [-0.4, -0.2) is 59.9 Å². The second-order valence-corrected chi connectivity index (χ2v) is 6.21. The summed E-state index contributed by atoms with van der Waals surface area (Å²) in [5.74, 6) is -0.124. The lowest BCUT2D eigenvalue weighted by Crippen LogP contribution is -2.43. The Morgan fingerprint density at radius 2 is 2.40 bits per heavy atom. The molecule has 3 rings (SSSR count). The third kappa shape index (κ3) is 2.58. The number of carbonyl (C=O) groups excluding carboxylic acids is 1. The fourth-order valence-corrected chi connectivity index (χ4v) is 3.52. The Morgan fingerprint density at radius 3 is 3.05 bits per heavy atom. The molecule has 0 spiro atoms. The van der Waals surface area contributed by atoms with Gasteiger partial charge in [-0.05, 0) is 12.8 Å². The average molecular weight is 298 g/mol. The van der Waals surface area contributed by atoms with Crippen LogP contribution in [0.25, 0.3) is 0 Å². The van der Waals surface area contributed by atoms with Crippen LogP contribution < -0.4 is 0 Å². The van der Waals surface area contributed by atoms with E-state index in [-0.39, 0.29) is 24.7 Å². The number of nitrogens with zero attached hydrogens (tertiary/aromatic N) is 2. The minimum atomic E-state index is -0.616. The van der Waals surface area contributed by atoms with Gasteiger partial charge in [0, 0.05) is 13.7 Å². The summed E-state index contributed by atoms with van der Waals surface area (Å²) >= 11 is 1.38. The molecule has 2 aliphatic rings. The summed E-state index contributed by atoms with van der Waals surface area (Å²) < 4.78 is 10.8. The molecule has 2 aliphatic heterocycles. The van der Waals surface area contributed by atoms with Gasteiger partial charge in [0.25, 0.3) is 5.91 Å². The second-order valence-electron chi connectivity index (χ2n) is 5.15. The Balaban J connectivity index is 1.70. The number of amides is 1. The number of carbonyl (C=O) groups is 1. The zero-order valence-electron chi connectivity index (χ0n) is 11.3. The van der Waals surface area contributed by atoms with Crippen molar-refractivity contribution >= 4 is 17.2 Å². The van der Waals surface area contributed by atoms with Crippen molar-refractivity contribution < 1.29 is 19.4 Å². The van der Waals surface area contributed by atoms with E-state index < -0.39 is 6.10 Å². The zero-order chi connectivity index (χ0) is 14.1. The van der Waals surface area contributed by atoms with Crippen LogP contribution in [0.15, 0.2) is 6.20 Å². The maximum atomic E-state index is 12.4. The number of aliphatic hydroxyl groups is 1. The molecule has 1 aromatic heterocycles. The van der Waals surface area contributed by atoms with Crippen LogP contribution in [0.2, 0.25) is 0 Å². The second kappa shape index (κ2) is 5.77. The lowest BCUT2D eigenvalue weighted by molar-refractivity contribution is 0.0585. The molecule has 1 aromatic rings. The van der Waals surface area contributed by atoms with E-state index in [4.69, 9.17) is 9.47 Å². The molecule has 0 radical (unpaired) electrons. The number of hydrogen-bond acceptors (Lipinski definition) is 6. The highest BCUT2D eigenvalue weighted by molar-refractivity contribution is 7.13. The summed E-state index contributed by atoms with van der Waals surface area (Å²) in [6.45, 7) is 1.42. The van der Waals surface area contributed by atoms with Crippen molar-refractivity contribution in [2.45, 2.75) is 31.1 Å². The van der Waals surface area contributed by atoms with E-state index in [2.05, 4.69) is 4.98 Å². The fraction of sp³-hybridized carbons (Fsp3) is 0.692. The van der Waals surface area contributed by atoms with Crippen molar-refractivity contribution in [3.05, 3.63) is 16.1 Å². The molecular weight excluding hydrogens is 280 g/mol. The monoisotopic (exact) mass is 298 g/mol. The van der Waals surface area contributed by atoms with Crippen LogP contribution in [0.4, 0.5) is 0 Å². The van der Waals surface area contributed by atoms with E-state index >= 15 is 0 Å².